The van der Waals surface area contributed by atoms with E-state index < -0.39 is 0 Å². The highest BCUT2D eigenvalue weighted by atomic mass is 35.5. The molecule has 0 saturated carbocycles. The van der Waals surface area contributed by atoms with Crippen molar-refractivity contribution >= 4 is 12.4 Å². The lowest BCUT2D eigenvalue weighted by Gasteiger charge is -2.32. The van der Waals surface area contributed by atoms with Crippen molar-refractivity contribution < 1.29 is 0 Å². The molecule has 0 bridgehead atoms. The fourth-order valence-electron chi connectivity index (χ4n) is 3.42. The summed E-state index contributed by atoms with van der Waals surface area (Å²) in [7, 11) is 2.09. The molecule has 1 N–H and O–H groups in total. The first kappa shape index (κ1) is 14.8. The monoisotopic (exact) mass is 280 g/mol. The molecule has 1 aliphatic carbocycles. The molecule has 0 spiro atoms. The molecule has 3 heteroatoms. The minimum atomic E-state index is 0. The third-order valence-electron chi connectivity index (χ3n) is 4.48. The molecular formula is C16H25ClN2. The summed E-state index contributed by atoms with van der Waals surface area (Å²) < 4.78 is 0. The Kier molecular flexibility index (Phi) is 5.26. The zero-order chi connectivity index (χ0) is 12.4. The topological polar surface area (TPSA) is 15.3 Å². The molecule has 1 atom stereocenters. The van der Waals surface area contributed by atoms with Crippen LogP contribution in [0, 0.1) is 0 Å². The van der Waals surface area contributed by atoms with Gasteiger partial charge in [0, 0.05) is 19.1 Å². The van der Waals surface area contributed by atoms with E-state index in [1.807, 2.05) is 0 Å². The van der Waals surface area contributed by atoms with Gasteiger partial charge >= 0.3 is 0 Å². The van der Waals surface area contributed by atoms with Gasteiger partial charge < -0.3 is 5.32 Å². The minimum Gasteiger partial charge on any atom is -0.316 e. The van der Waals surface area contributed by atoms with Gasteiger partial charge in [0.2, 0.25) is 0 Å². The molecule has 0 amide bonds. The second kappa shape index (κ2) is 6.74. The van der Waals surface area contributed by atoms with Crippen molar-refractivity contribution in [3.05, 3.63) is 34.9 Å². The zero-order valence-electron chi connectivity index (χ0n) is 11.8. The molecule has 1 aliphatic heterocycles. The predicted molar refractivity (Wildman–Crippen MR) is 83.1 cm³/mol. The van der Waals surface area contributed by atoms with Crippen LogP contribution in [-0.2, 0) is 19.4 Å². The molecule has 1 heterocycles. The van der Waals surface area contributed by atoms with Crippen molar-refractivity contribution in [1.82, 2.24) is 10.2 Å². The molecule has 1 aromatic rings. The number of piperidine rings is 1. The summed E-state index contributed by atoms with van der Waals surface area (Å²) in [6, 6.07) is 7.84. The van der Waals surface area contributed by atoms with Crippen LogP contribution >= 0.6 is 12.4 Å². The van der Waals surface area contributed by atoms with Crippen LogP contribution in [0.5, 0.6) is 0 Å². The molecule has 106 valence electrons. The summed E-state index contributed by atoms with van der Waals surface area (Å²) in [6.45, 7) is 3.59. The van der Waals surface area contributed by atoms with Crippen molar-refractivity contribution in [1.29, 1.82) is 0 Å². The fraction of sp³-hybridized carbons (Fsp3) is 0.625. The van der Waals surface area contributed by atoms with E-state index in [0.29, 0.717) is 6.04 Å². The number of fused-ring (bicyclic) bond motifs is 1. The van der Waals surface area contributed by atoms with Gasteiger partial charge in [0.15, 0.2) is 0 Å². The first-order valence-corrected chi connectivity index (χ1v) is 7.35. The largest absolute Gasteiger partial charge is 0.316 e. The molecule has 19 heavy (non-hydrogen) atoms. The number of likely N-dealkylation sites (N-methyl/N-ethyl adjacent to an activating group) is 1. The van der Waals surface area contributed by atoms with Crippen LogP contribution in [-0.4, -0.2) is 31.1 Å². The lowest BCUT2D eigenvalue weighted by molar-refractivity contribution is 0.188. The van der Waals surface area contributed by atoms with E-state index in [1.54, 1.807) is 11.1 Å². The number of rotatable bonds is 3. The van der Waals surface area contributed by atoms with Gasteiger partial charge in [-0.15, -0.1) is 12.4 Å². The molecule has 2 nitrogen and oxygen atoms in total. The molecular weight excluding hydrogens is 256 g/mol. The predicted octanol–water partition coefficient (Wildman–Crippen LogP) is 2.78. The molecule has 1 unspecified atom stereocenters. The highest BCUT2D eigenvalue weighted by Gasteiger charge is 2.19. The molecule has 0 radical (unpaired) electrons. The minimum absolute atomic E-state index is 0. The summed E-state index contributed by atoms with van der Waals surface area (Å²) in [5.41, 5.74) is 4.70. The van der Waals surface area contributed by atoms with E-state index in [4.69, 9.17) is 0 Å². The van der Waals surface area contributed by atoms with Crippen molar-refractivity contribution in [2.45, 2.75) is 44.7 Å². The van der Waals surface area contributed by atoms with Gasteiger partial charge in [-0.05, 0) is 62.4 Å². The van der Waals surface area contributed by atoms with E-state index in [9.17, 15) is 0 Å². The van der Waals surface area contributed by atoms with Gasteiger partial charge in [0.1, 0.15) is 0 Å². The molecule has 2 aliphatic rings. The Balaban J connectivity index is 0.00000133. The summed E-state index contributed by atoms with van der Waals surface area (Å²) in [4.78, 5) is 2.60. The maximum absolute atomic E-state index is 3.42. The number of halogens is 1. The first-order chi connectivity index (χ1) is 8.85. The number of nitrogens with one attached hydrogen (secondary N) is 1. The van der Waals surface area contributed by atoms with Crippen LogP contribution in [0.25, 0.3) is 0 Å². The van der Waals surface area contributed by atoms with Gasteiger partial charge in [-0.25, -0.2) is 0 Å². The van der Waals surface area contributed by atoms with Gasteiger partial charge in [0.25, 0.3) is 0 Å². The third-order valence-corrected chi connectivity index (χ3v) is 4.48. The molecule has 1 aromatic carbocycles. The van der Waals surface area contributed by atoms with Crippen molar-refractivity contribution in [2.75, 3.05) is 20.1 Å². The number of benzene rings is 1. The van der Waals surface area contributed by atoms with Crippen molar-refractivity contribution in [3.63, 3.8) is 0 Å². The van der Waals surface area contributed by atoms with Gasteiger partial charge in [-0.1, -0.05) is 18.2 Å². The van der Waals surface area contributed by atoms with Crippen molar-refractivity contribution in [2.24, 2.45) is 0 Å². The molecule has 0 aromatic heterocycles. The zero-order valence-corrected chi connectivity index (χ0v) is 12.6. The second-order valence-electron chi connectivity index (χ2n) is 5.82. The Labute approximate surface area is 123 Å². The highest BCUT2D eigenvalue weighted by Crippen LogP contribution is 2.24. The van der Waals surface area contributed by atoms with Gasteiger partial charge in [-0.2, -0.15) is 0 Å². The Bertz CT molecular complexity index is 419. The average molecular weight is 281 g/mol. The Morgan fingerprint density at radius 3 is 2.89 bits per heavy atom. The maximum Gasteiger partial charge on any atom is 0.0234 e. The smallest absolute Gasteiger partial charge is 0.0234 e. The Hall–Kier alpha value is -0.570. The van der Waals surface area contributed by atoms with E-state index in [2.05, 4.69) is 35.5 Å². The van der Waals surface area contributed by atoms with Gasteiger partial charge in [0.05, 0.1) is 0 Å². The van der Waals surface area contributed by atoms with E-state index in [-0.39, 0.29) is 12.4 Å². The standard InChI is InChI=1S/C16H24N2.ClH/c1-17-16-6-3-9-18(12-16)11-13-7-8-14-4-2-5-15(14)10-13;/h7-8,10,16-17H,2-6,9,11-12H2,1H3;1H. The summed E-state index contributed by atoms with van der Waals surface area (Å²) >= 11 is 0. The number of hydrogen-bond donors (Lipinski definition) is 1. The normalized spacial score (nSPS) is 22.9. The number of nitrogens with zero attached hydrogens (tertiary/aromatic N) is 1. The second-order valence-corrected chi connectivity index (χ2v) is 5.82. The highest BCUT2D eigenvalue weighted by molar-refractivity contribution is 5.85. The van der Waals surface area contributed by atoms with Gasteiger partial charge in [-0.3, -0.25) is 4.90 Å². The van der Waals surface area contributed by atoms with E-state index in [1.165, 1.54) is 50.8 Å². The van der Waals surface area contributed by atoms with Crippen LogP contribution < -0.4 is 5.32 Å². The summed E-state index contributed by atoms with van der Waals surface area (Å²) in [5, 5.41) is 3.42. The van der Waals surface area contributed by atoms with Crippen LogP contribution in [0.15, 0.2) is 18.2 Å². The number of aryl methyl sites for hydroxylation is 2. The number of hydrogen-bond acceptors (Lipinski definition) is 2. The molecule has 3 rings (SSSR count). The fourth-order valence-corrected chi connectivity index (χ4v) is 3.42. The lowest BCUT2D eigenvalue weighted by atomic mass is 10.0. The summed E-state index contributed by atoms with van der Waals surface area (Å²) in [6.07, 6.45) is 6.60. The quantitative estimate of drug-likeness (QED) is 0.916. The average Bonchev–Trinajstić information content (AvgIpc) is 2.86. The Morgan fingerprint density at radius 2 is 2.05 bits per heavy atom. The first-order valence-electron chi connectivity index (χ1n) is 7.35. The molecule has 1 fully saturated rings. The van der Waals surface area contributed by atoms with Crippen LogP contribution in [0.4, 0.5) is 0 Å². The molecule has 1 saturated heterocycles. The van der Waals surface area contributed by atoms with E-state index >= 15 is 0 Å². The van der Waals surface area contributed by atoms with Crippen LogP contribution in [0.2, 0.25) is 0 Å². The maximum atomic E-state index is 3.42. The number of likely N-dealkylation sites (tertiary alicyclic amines) is 1. The van der Waals surface area contributed by atoms with E-state index in [0.717, 1.165) is 6.54 Å². The van der Waals surface area contributed by atoms with Crippen molar-refractivity contribution in [3.8, 4) is 0 Å². The van der Waals surface area contributed by atoms with Crippen LogP contribution in [0.3, 0.4) is 0 Å². The van der Waals surface area contributed by atoms with Crippen LogP contribution in [0.1, 0.15) is 36.0 Å². The third kappa shape index (κ3) is 3.50. The summed E-state index contributed by atoms with van der Waals surface area (Å²) in [5.74, 6) is 0. The SMILES string of the molecule is CNC1CCCN(Cc2ccc3c(c2)CCC3)C1.Cl. The Morgan fingerprint density at radius 1 is 1.21 bits per heavy atom. The lowest BCUT2D eigenvalue weighted by Crippen LogP contribution is -2.43.